The molecule has 0 unspecified atom stereocenters. The highest BCUT2D eigenvalue weighted by Crippen LogP contribution is 2.29. The van der Waals surface area contributed by atoms with Crippen LogP contribution in [0.5, 0.6) is 0 Å². The number of carbonyl (C=O) groups excluding carboxylic acids is 1. The number of nitrogens with one attached hydrogen (secondary N) is 3. The fourth-order valence-electron chi connectivity index (χ4n) is 2.53. The molecule has 0 aliphatic carbocycles. The summed E-state index contributed by atoms with van der Waals surface area (Å²) in [5.74, 6) is -0.529. The van der Waals surface area contributed by atoms with Crippen LogP contribution in [0.3, 0.4) is 0 Å². The predicted octanol–water partition coefficient (Wildman–Crippen LogP) is 3.77. The monoisotopic (exact) mass is 430 g/mol. The number of H-pyrrole nitrogens is 1. The number of aromatic amines is 1. The van der Waals surface area contributed by atoms with Gasteiger partial charge in [0.25, 0.3) is 11.5 Å². The molecule has 0 radical (unpaired) electrons. The molecule has 26 heavy (non-hydrogen) atoms. The van der Waals surface area contributed by atoms with Crippen molar-refractivity contribution in [2.45, 2.75) is 6.92 Å². The number of pyridine rings is 1. The first-order valence-corrected chi connectivity index (χ1v) is 9.27. The maximum absolute atomic E-state index is 12.4. The largest absolute Gasteiger partial charge is 0.365 e. The first-order valence-electron chi connectivity index (χ1n) is 7.60. The number of aromatic nitrogens is 1. The van der Waals surface area contributed by atoms with E-state index in [-0.39, 0.29) is 17.0 Å². The van der Waals surface area contributed by atoms with Crippen LogP contribution in [0.4, 0.5) is 11.4 Å². The van der Waals surface area contributed by atoms with Crippen LogP contribution in [-0.4, -0.2) is 16.6 Å². The van der Waals surface area contributed by atoms with E-state index in [1.807, 2.05) is 31.2 Å². The van der Waals surface area contributed by atoms with Crippen LogP contribution in [0.1, 0.15) is 26.4 Å². The summed E-state index contributed by atoms with van der Waals surface area (Å²) in [5, 5.41) is 13.3. The van der Waals surface area contributed by atoms with E-state index in [2.05, 4.69) is 26.2 Å². The third-order valence-electron chi connectivity index (χ3n) is 3.82. The molecule has 1 aromatic carbocycles. The highest BCUT2D eigenvalue weighted by atomic mass is 79.9. The van der Waals surface area contributed by atoms with Crippen molar-refractivity contribution < 1.29 is 4.79 Å². The topological polar surface area (TPSA) is 112 Å². The average molecular weight is 431 g/mol. The normalized spacial score (nSPS) is 10.5. The number of nitrogens with two attached hydrogens (primary N) is 1. The molecular formula is C18H15BrN4O2S. The molecule has 0 saturated carbocycles. The average Bonchev–Trinajstić information content (AvgIpc) is 3.07. The lowest BCUT2D eigenvalue weighted by Gasteiger charge is -2.14. The van der Waals surface area contributed by atoms with Gasteiger partial charge in [-0.05, 0) is 34.5 Å². The van der Waals surface area contributed by atoms with E-state index in [0.717, 1.165) is 11.1 Å². The molecule has 5 N–H and O–H groups in total. The smallest absolute Gasteiger partial charge is 0.272 e. The Bertz CT molecular complexity index is 1070. The molecule has 3 rings (SSSR count). The molecule has 0 spiro atoms. The fraction of sp³-hybridized carbons (Fsp3) is 0.0556. The third kappa shape index (κ3) is 3.47. The molecular weight excluding hydrogens is 416 g/mol. The number of thiophene rings is 1. The van der Waals surface area contributed by atoms with Crippen molar-refractivity contribution in [2.24, 2.45) is 5.73 Å². The van der Waals surface area contributed by atoms with Crippen LogP contribution in [0.15, 0.2) is 51.2 Å². The van der Waals surface area contributed by atoms with E-state index in [1.165, 1.54) is 17.5 Å². The second-order valence-electron chi connectivity index (χ2n) is 5.59. The van der Waals surface area contributed by atoms with Gasteiger partial charge in [-0.1, -0.05) is 24.3 Å². The number of rotatable bonds is 5. The highest BCUT2D eigenvalue weighted by molar-refractivity contribution is 9.10. The van der Waals surface area contributed by atoms with E-state index in [1.54, 1.807) is 11.4 Å². The van der Waals surface area contributed by atoms with Gasteiger partial charge in [0, 0.05) is 27.2 Å². The van der Waals surface area contributed by atoms with Gasteiger partial charge in [0.1, 0.15) is 5.69 Å². The van der Waals surface area contributed by atoms with Crippen molar-refractivity contribution in [3.63, 3.8) is 0 Å². The second kappa shape index (κ2) is 7.27. The molecule has 3 aromatic rings. The highest BCUT2D eigenvalue weighted by Gasteiger charge is 2.19. The molecule has 0 saturated heterocycles. The zero-order valence-electron chi connectivity index (χ0n) is 13.7. The summed E-state index contributed by atoms with van der Waals surface area (Å²) in [5.41, 5.74) is 8.01. The first-order chi connectivity index (χ1) is 12.4. The minimum atomic E-state index is -0.529. The van der Waals surface area contributed by atoms with Gasteiger partial charge < -0.3 is 16.0 Å². The molecule has 8 heteroatoms. The van der Waals surface area contributed by atoms with E-state index in [9.17, 15) is 9.59 Å². The summed E-state index contributed by atoms with van der Waals surface area (Å²) in [7, 11) is 0. The molecule has 0 bridgehead atoms. The third-order valence-corrected chi connectivity index (χ3v) is 5.39. The van der Waals surface area contributed by atoms with Crippen molar-refractivity contribution in [1.29, 1.82) is 5.41 Å². The quantitative estimate of drug-likeness (QED) is 0.462. The number of amides is 1. The lowest BCUT2D eigenvalue weighted by molar-refractivity contribution is 0.100. The summed E-state index contributed by atoms with van der Waals surface area (Å²) in [6.45, 7) is 1.91. The summed E-state index contributed by atoms with van der Waals surface area (Å²) < 4.78 is 0.582. The lowest BCUT2D eigenvalue weighted by atomic mass is 9.98. The van der Waals surface area contributed by atoms with Crippen molar-refractivity contribution in [2.75, 3.05) is 5.32 Å². The van der Waals surface area contributed by atoms with Crippen molar-refractivity contribution in [3.05, 3.63) is 78.3 Å². The fourth-order valence-corrected chi connectivity index (χ4v) is 3.74. The number of halogens is 1. The first kappa shape index (κ1) is 18.1. The Morgan fingerprint density at radius 2 is 2.08 bits per heavy atom. The number of primary amides is 1. The molecule has 0 aliphatic heterocycles. The van der Waals surface area contributed by atoms with E-state index < -0.39 is 5.91 Å². The Hall–Kier alpha value is -2.71. The van der Waals surface area contributed by atoms with Crippen molar-refractivity contribution >= 4 is 50.3 Å². The minimum Gasteiger partial charge on any atom is -0.365 e. The van der Waals surface area contributed by atoms with Crippen LogP contribution in [0.2, 0.25) is 0 Å². The Morgan fingerprint density at radius 1 is 1.35 bits per heavy atom. The molecule has 2 heterocycles. The number of hydrogen-bond donors (Lipinski definition) is 4. The van der Waals surface area contributed by atoms with E-state index in [4.69, 9.17) is 11.1 Å². The maximum Gasteiger partial charge on any atom is 0.272 e. The SMILES string of the molecule is Cc1ccccc1C(=N)c1c(Br)c[nH]c(=O)c1Nc1csc(C(N)=O)c1. The van der Waals surface area contributed by atoms with Crippen molar-refractivity contribution in [1.82, 2.24) is 4.98 Å². The number of carbonyl (C=O) groups is 1. The van der Waals surface area contributed by atoms with Crippen LogP contribution < -0.4 is 16.6 Å². The molecule has 132 valence electrons. The second-order valence-corrected chi connectivity index (χ2v) is 7.36. The van der Waals surface area contributed by atoms with Gasteiger partial charge in [0.05, 0.1) is 16.3 Å². The maximum atomic E-state index is 12.4. The van der Waals surface area contributed by atoms with Crippen LogP contribution in [0, 0.1) is 12.3 Å². The standard InChI is InChI=1S/C18H15BrN4O2S/c1-9-4-2-3-5-11(9)15(20)14-12(19)7-22-18(25)16(14)23-10-6-13(17(21)24)26-8-10/h2-8,20,23H,1H3,(H2,21,24)(H,22,25). The lowest BCUT2D eigenvalue weighted by Crippen LogP contribution is -2.18. The summed E-state index contributed by atoms with van der Waals surface area (Å²) in [6, 6.07) is 9.08. The summed E-state index contributed by atoms with van der Waals surface area (Å²) in [6.07, 6.45) is 1.51. The van der Waals surface area contributed by atoms with Gasteiger partial charge in [-0.3, -0.25) is 15.0 Å². The predicted molar refractivity (Wildman–Crippen MR) is 108 cm³/mol. The Balaban J connectivity index is 2.10. The number of anilines is 2. The van der Waals surface area contributed by atoms with Gasteiger partial charge in [-0.2, -0.15) is 0 Å². The van der Waals surface area contributed by atoms with E-state index in [0.29, 0.717) is 20.6 Å². The van der Waals surface area contributed by atoms with Gasteiger partial charge in [-0.15, -0.1) is 11.3 Å². The molecule has 1 amide bonds. The van der Waals surface area contributed by atoms with E-state index >= 15 is 0 Å². The van der Waals surface area contributed by atoms with Gasteiger partial charge >= 0.3 is 0 Å². The van der Waals surface area contributed by atoms with Crippen LogP contribution in [0.25, 0.3) is 0 Å². The Morgan fingerprint density at radius 3 is 2.73 bits per heavy atom. The van der Waals surface area contributed by atoms with Gasteiger partial charge in [0.2, 0.25) is 0 Å². The molecule has 0 atom stereocenters. The minimum absolute atomic E-state index is 0.217. The van der Waals surface area contributed by atoms with Crippen LogP contribution in [-0.2, 0) is 0 Å². The zero-order valence-corrected chi connectivity index (χ0v) is 16.1. The zero-order chi connectivity index (χ0) is 18.8. The Kier molecular flexibility index (Phi) is 5.06. The van der Waals surface area contributed by atoms with Crippen molar-refractivity contribution in [3.8, 4) is 0 Å². The van der Waals surface area contributed by atoms with Crippen LogP contribution >= 0.6 is 27.3 Å². The summed E-state index contributed by atoms with van der Waals surface area (Å²) >= 11 is 4.61. The molecule has 2 aromatic heterocycles. The van der Waals surface area contributed by atoms with Gasteiger partial charge in [-0.25, -0.2) is 0 Å². The number of aryl methyl sites for hydroxylation is 1. The van der Waals surface area contributed by atoms with Gasteiger partial charge in [0.15, 0.2) is 0 Å². The number of benzene rings is 1. The Labute approximate surface area is 161 Å². The number of hydrogen-bond acceptors (Lipinski definition) is 5. The molecule has 6 nitrogen and oxygen atoms in total. The summed E-state index contributed by atoms with van der Waals surface area (Å²) in [4.78, 5) is 26.7. The molecule has 0 aliphatic rings. The molecule has 0 fully saturated rings.